The minimum Gasteiger partial charge on any atom is -0.508 e. The van der Waals surface area contributed by atoms with E-state index in [1.54, 1.807) is 12.1 Å². The van der Waals surface area contributed by atoms with Crippen LogP contribution in [0.25, 0.3) is 10.8 Å². The maximum Gasteiger partial charge on any atom is 0.407 e. The van der Waals surface area contributed by atoms with Gasteiger partial charge < -0.3 is 34.5 Å². The van der Waals surface area contributed by atoms with Crippen molar-refractivity contribution in [3.8, 4) is 17.8 Å². The second-order valence-corrected chi connectivity index (χ2v) is 11.3. The number of piperazine rings is 1. The molecule has 2 fully saturated rings. The van der Waals surface area contributed by atoms with Crippen LogP contribution < -0.4 is 14.5 Å². The molecule has 214 valence electrons. The molecule has 0 unspecified atom stereocenters. The minimum absolute atomic E-state index is 0.118. The van der Waals surface area contributed by atoms with Gasteiger partial charge in [-0.2, -0.15) is 15.2 Å². The number of phenolic OH excluding ortho intramolecular Hbond substituents is 1. The normalized spacial score (nSPS) is 21.1. The zero-order valence-corrected chi connectivity index (χ0v) is 23.2. The van der Waals surface area contributed by atoms with Crippen molar-refractivity contribution in [1.29, 1.82) is 5.26 Å². The largest absolute Gasteiger partial charge is 0.508 e. The van der Waals surface area contributed by atoms with Crippen molar-refractivity contribution >= 4 is 28.4 Å². The van der Waals surface area contributed by atoms with E-state index in [9.17, 15) is 20.3 Å². The van der Waals surface area contributed by atoms with Gasteiger partial charge in [0.05, 0.1) is 37.4 Å². The first-order chi connectivity index (χ1) is 19.9. The Bertz CT molecular complexity index is 1490. The highest BCUT2D eigenvalue weighted by Crippen LogP contribution is 2.37. The molecule has 0 aliphatic carbocycles. The van der Waals surface area contributed by atoms with Crippen molar-refractivity contribution < 1.29 is 19.7 Å². The Morgan fingerprint density at radius 3 is 2.76 bits per heavy atom. The van der Waals surface area contributed by atoms with E-state index >= 15 is 0 Å². The number of anilines is 2. The predicted octanol–water partition coefficient (Wildman–Crippen LogP) is 3.31. The average Bonchev–Trinajstić information content (AvgIpc) is 3.39. The lowest BCUT2D eigenvalue weighted by molar-refractivity contribution is 0.119. The first-order valence-corrected chi connectivity index (χ1v) is 14.2. The quantitative estimate of drug-likeness (QED) is 0.466. The zero-order chi connectivity index (χ0) is 28.5. The Kier molecular flexibility index (Phi) is 7.41. The molecule has 2 atom stereocenters. The highest BCUT2D eigenvalue weighted by atomic mass is 16.5. The van der Waals surface area contributed by atoms with Crippen LogP contribution in [-0.2, 0) is 13.0 Å². The molecule has 6 rings (SSSR count). The van der Waals surface area contributed by atoms with E-state index < -0.39 is 12.1 Å². The first kappa shape index (κ1) is 26.9. The highest BCUT2D eigenvalue weighted by molar-refractivity contribution is 5.95. The standard InChI is InChI=1S/C30H35N7O4/c1-34-10-7-20(16-34)19-41-29-32-26-18-35(27-15-23(38)14-21-4-2-3-5-24(21)27)11-8-25(26)28(33-29)36-12-13-37(30(39)40)22(17-36)6-9-31/h2-5,14-15,20,22,38H,6-8,10-13,16-19H2,1H3,(H,39,40)/t20-,22+/m1/s1. The first-order valence-electron chi connectivity index (χ1n) is 14.2. The number of fused-ring (bicyclic) bond motifs is 2. The summed E-state index contributed by atoms with van der Waals surface area (Å²) in [5.41, 5.74) is 2.84. The average molecular weight is 558 g/mol. The maximum atomic E-state index is 11.8. The van der Waals surface area contributed by atoms with Crippen LogP contribution in [0.2, 0.25) is 0 Å². The number of aromatic nitrogens is 2. The van der Waals surface area contributed by atoms with Crippen LogP contribution in [0.4, 0.5) is 16.3 Å². The van der Waals surface area contributed by atoms with E-state index in [-0.39, 0.29) is 12.2 Å². The van der Waals surface area contributed by atoms with Gasteiger partial charge in [0.15, 0.2) is 0 Å². The van der Waals surface area contributed by atoms with E-state index in [1.165, 1.54) is 4.90 Å². The maximum absolute atomic E-state index is 11.8. The number of nitrogens with zero attached hydrogens (tertiary/aromatic N) is 7. The fourth-order valence-electron chi connectivity index (χ4n) is 6.39. The molecular weight excluding hydrogens is 522 g/mol. The number of amides is 1. The van der Waals surface area contributed by atoms with Crippen LogP contribution in [0.3, 0.4) is 0 Å². The van der Waals surface area contributed by atoms with Gasteiger partial charge in [-0.25, -0.2) is 4.79 Å². The third-order valence-corrected chi connectivity index (χ3v) is 8.48. The molecule has 41 heavy (non-hydrogen) atoms. The molecule has 3 aliphatic heterocycles. The van der Waals surface area contributed by atoms with Crippen LogP contribution >= 0.6 is 0 Å². The monoisotopic (exact) mass is 557 g/mol. The van der Waals surface area contributed by atoms with Gasteiger partial charge in [-0.05, 0) is 37.9 Å². The lowest BCUT2D eigenvalue weighted by atomic mass is 10.0. The second kappa shape index (κ2) is 11.3. The van der Waals surface area contributed by atoms with Crippen molar-refractivity contribution in [2.24, 2.45) is 5.92 Å². The van der Waals surface area contributed by atoms with Gasteiger partial charge in [0.1, 0.15) is 11.6 Å². The number of likely N-dealkylation sites (tertiary alicyclic amines) is 1. The lowest BCUT2D eigenvalue weighted by Gasteiger charge is -2.41. The van der Waals surface area contributed by atoms with Gasteiger partial charge in [-0.1, -0.05) is 24.3 Å². The van der Waals surface area contributed by atoms with Crippen molar-refractivity contribution in [3.05, 3.63) is 47.7 Å². The number of carbonyl (C=O) groups is 1. The third-order valence-electron chi connectivity index (χ3n) is 8.48. The second-order valence-electron chi connectivity index (χ2n) is 11.3. The number of aromatic hydroxyl groups is 1. The van der Waals surface area contributed by atoms with Gasteiger partial charge in [0.2, 0.25) is 0 Å². The Balaban J connectivity index is 1.33. The van der Waals surface area contributed by atoms with Crippen LogP contribution in [-0.4, -0.2) is 95.0 Å². The van der Waals surface area contributed by atoms with E-state index in [4.69, 9.17) is 14.7 Å². The number of hydrogen-bond acceptors (Lipinski definition) is 9. The van der Waals surface area contributed by atoms with E-state index in [0.29, 0.717) is 57.7 Å². The van der Waals surface area contributed by atoms with Gasteiger partial charge in [-0.15, -0.1) is 0 Å². The van der Waals surface area contributed by atoms with E-state index in [1.807, 2.05) is 18.2 Å². The Labute approximate surface area is 239 Å². The Morgan fingerprint density at radius 2 is 1.98 bits per heavy atom. The number of nitriles is 1. The number of benzene rings is 2. The molecule has 2 aromatic carbocycles. The summed E-state index contributed by atoms with van der Waals surface area (Å²) >= 11 is 0. The molecule has 0 bridgehead atoms. The summed E-state index contributed by atoms with van der Waals surface area (Å²) in [6, 6.07) is 13.6. The number of phenols is 1. The molecule has 2 N–H and O–H groups in total. The van der Waals surface area contributed by atoms with Crippen molar-refractivity contribution in [2.75, 3.05) is 62.7 Å². The Morgan fingerprint density at radius 1 is 1.12 bits per heavy atom. The lowest BCUT2D eigenvalue weighted by Crippen LogP contribution is -2.55. The summed E-state index contributed by atoms with van der Waals surface area (Å²) < 4.78 is 6.21. The van der Waals surface area contributed by atoms with Gasteiger partial charge in [0.25, 0.3) is 0 Å². The predicted molar refractivity (Wildman–Crippen MR) is 154 cm³/mol. The summed E-state index contributed by atoms with van der Waals surface area (Å²) in [6.45, 7) is 4.95. The van der Waals surface area contributed by atoms with E-state index in [2.05, 4.69) is 33.9 Å². The van der Waals surface area contributed by atoms with Crippen LogP contribution in [0, 0.1) is 17.2 Å². The topological polar surface area (TPSA) is 129 Å². The van der Waals surface area contributed by atoms with Crippen LogP contribution in [0.5, 0.6) is 11.8 Å². The molecular formula is C30H35N7O4. The molecule has 0 spiro atoms. The smallest absolute Gasteiger partial charge is 0.407 e. The summed E-state index contributed by atoms with van der Waals surface area (Å²) in [7, 11) is 2.11. The van der Waals surface area contributed by atoms with Gasteiger partial charge >= 0.3 is 12.1 Å². The van der Waals surface area contributed by atoms with E-state index in [0.717, 1.165) is 53.0 Å². The summed E-state index contributed by atoms with van der Waals surface area (Å²) in [4.78, 5) is 29.6. The fraction of sp³-hybridized carbons (Fsp3) is 0.467. The third kappa shape index (κ3) is 5.52. The Hall–Kier alpha value is -4.30. The molecule has 4 heterocycles. The summed E-state index contributed by atoms with van der Waals surface area (Å²) in [6.07, 6.45) is 0.867. The van der Waals surface area contributed by atoms with Crippen molar-refractivity contribution in [3.63, 3.8) is 0 Å². The number of rotatable bonds is 6. The molecule has 3 aromatic rings. The number of carboxylic acid groups (broad SMARTS) is 1. The minimum atomic E-state index is -1.01. The number of ether oxygens (including phenoxy) is 1. The van der Waals surface area contributed by atoms with Crippen LogP contribution in [0.15, 0.2) is 36.4 Å². The molecule has 1 amide bonds. The summed E-state index contributed by atoms with van der Waals surface area (Å²) in [5, 5.41) is 31.6. The fourth-order valence-corrected chi connectivity index (χ4v) is 6.39. The molecule has 11 nitrogen and oxygen atoms in total. The zero-order valence-electron chi connectivity index (χ0n) is 23.2. The van der Waals surface area contributed by atoms with Gasteiger partial charge in [-0.3, -0.25) is 0 Å². The molecule has 3 aliphatic rings. The SMILES string of the molecule is CN1CC[C@@H](COc2nc3c(c(N4CCN(C(=O)O)[C@@H](CC#N)C4)n2)CCN(c2cc(O)cc4ccccc24)C3)C1. The molecule has 11 heteroatoms. The summed E-state index contributed by atoms with van der Waals surface area (Å²) in [5.74, 6) is 1.40. The van der Waals surface area contributed by atoms with Crippen LogP contribution in [0.1, 0.15) is 24.1 Å². The number of hydrogen-bond donors (Lipinski definition) is 2. The molecule has 0 radical (unpaired) electrons. The van der Waals surface area contributed by atoms with Crippen molar-refractivity contribution in [1.82, 2.24) is 19.8 Å². The molecule has 2 saturated heterocycles. The molecule has 1 aromatic heterocycles. The van der Waals surface area contributed by atoms with Crippen molar-refractivity contribution in [2.45, 2.75) is 31.8 Å². The molecule has 0 saturated carbocycles. The highest BCUT2D eigenvalue weighted by Gasteiger charge is 2.34. The van der Waals surface area contributed by atoms with Gasteiger partial charge in [0, 0.05) is 61.3 Å².